The average Bonchev–Trinajstić information content (AvgIpc) is 2.47. The molecule has 0 aromatic rings. The highest BCUT2D eigenvalue weighted by Crippen LogP contribution is 2.35. The van der Waals surface area contributed by atoms with Gasteiger partial charge in [-0.2, -0.15) is 0 Å². The molecule has 1 aliphatic carbocycles. The summed E-state index contributed by atoms with van der Waals surface area (Å²) in [6.07, 6.45) is 1.66. The predicted molar refractivity (Wildman–Crippen MR) is 38.4 cm³/mol. The quantitative estimate of drug-likeness (QED) is 0.515. The number of ether oxygens (including phenoxy) is 1. The second-order valence-corrected chi connectivity index (χ2v) is 2.67. The number of rotatable bonds is 2. The molecule has 52 valence electrons. The normalized spacial score (nSPS) is 24.3. The Bertz CT molecular complexity index is 132. The molecule has 0 heterocycles. The Morgan fingerprint density at radius 3 is 2.67 bits per heavy atom. The second kappa shape index (κ2) is 2.53. The molecule has 0 radical (unpaired) electrons. The zero-order chi connectivity index (χ0) is 6.85. The van der Waals surface area contributed by atoms with Crippen LogP contribution in [0.5, 0.6) is 0 Å². The van der Waals surface area contributed by atoms with Crippen LogP contribution in [-0.2, 0) is 4.74 Å². The van der Waals surface area contributed by atoms with E-state index in [9.17, 15) is 0 Å². The summed E-state index contributed by atoms with van der Waals surface area (Å²) in [6.45, 7) is 7.19. The van der Waals surface area contributed by atoms with Crippen LogP contribution in [0, 0.1) is 0 Å². The summed E-state index contributed by atoms with van der Waals surface area (Å²) in [4.78, 5) is 0. The Hall–Kier alpha value is -0.300. The van der Waals surface area contributed by atoms with E-state index in [1.165, 1.54) is 17.6 Å². The summed E-state index contributed by atoms with van der Waals surface area (Å²) < 4.78 is 5.37. The fourth-order valence-corrected chi connectivity index (χ4v) is 1.03. The molecule has 0 saturated heterocycles. The van der Waals surface area contributed by atoms with Crippen molar-refractivity contribution in [2.45, 2.75) is 33.3 Å². The Balaban J connectivity index is 2.32. The molecule has 0 aromatic heterocycles. The van der Waals surface area contributed by atoms with E-state index in [-0.39, 0.29) is 0 Å². The highest BCUT2D eigenvalue weighted by molar-refractivity contribution is 5.30. The van der Waals surface area contributed by atoms with Gasteiger partial charge in [-0.05, 0) is 26.3 Å². The second-order valence-electron chi connectivity index (χ2n) is 2.67. The minimum atomic E-state index is 0.486. The molecular formula is C8H14O. The van der Waals surface area contributed by atoms with Crippen LogP contribution in [-0.4, -0.2) is 12.7 Å². The molecule has 1 nitrogen and oxygen atoms in total. The van der Waals surface area contributed by atoms with Gasteiger partial charge in [0, 0.05) is 13.0 Å². The molecule has 0 amide bonds. The van der Waals surface area contributed by atoms with Gasteiger partial charge in [-0.3, -0.25) is 0 Å². The Kier molecular flexibility index (Phi) is 1.91. The van der Waals surface area contributed by atoms with Crippen LogP contribution in [0.3, 0.4) is 0 Å². The lowest BCUT2D eigenvalue weighted by Crippen LogP contribution is -1.91. The molecule has 9 heavy (non-hydrogen) atoms. The minimum Gasteiger partial charge on any atom is -0.374 e. The summed E-state index contributed by atoms with van der Waals surface area (Å²) in [6, 6.07) is 0. The van der Waals surface area contributed by atoms with E-state index in [0.717, 1.165) is 6.61 Å². The first-order valence-electron chi connectivity index (χ1n) is 3.53. The maximum absolute atomic E-state index is 5.37. The van der Waals surface area contributed by atoms with Crippen molar-refractivity contribution >= 4 is 0 Å². The van der Waals surface area contributed by atoms with E-state index >= 15 is 0 Å². The van der Waals surface area contributed by atoms with E-state index in [4.69, 9.17) is 4.74 Å². The average molecular weight is 126 g/mol. The summed E-state index contributed by atoms with van der Waals surface area (Å²) >= 11 is 0. The van der Waals surface area contributed by atoms with Crippen LogP contribution in [0.15, 0.2) is 11.1 Å². The molecular weight excluding hydrogens is 112 g/mol. The van der Waals surface area contributed by atoms with Crippen molar-refractivity contribution in [1.82, 2.24) is 0 Å². The van der Waals surface area contributed by atoms with Crippen LogP contribution < -0.4 is 0 Å². The number of hydrogen-bond acceptors (Lipinski definition) is 1. The lowest BCUT2D eigenvalue weighted by Gasteiger charge is -1.92. The van der Waals surface area contributed by atoms with Crippen molar-refractivity contribution in [2.24, 2.45) is 0 Å². The van der Waals surface area contributed by atoms with Gasteiger partial charge >= 0.3 is 0 Å². The van der Waals surface area contributed by atoms with Crippen LogP contribution in [0.1, 0.15) is 27.2 Å². The first-order chi connectivity index (χ1) is 4.25. The van der Waals surface area contributed by atoms with Gasteiger partial charge in [0.15, 0.2) is 0 Å². The molecule has 0 N–H and O–H groups in total. The summed E-state index contributed by atoms with van der Waals surface area (Å²) in [5.74, 6) is 0. The third kappa shape index (κ3) is 1.55. The van der Waals surface area contributed by atoms with Crippen molar-refractivity contribution in [3.63, 3.8) is 0 Å². The molecule has 0 aromatic carbocycles. The maximum Gasteiger partial charge on any atom is 0.0826 e. The molecule has 0 spiro atoms. The van der Waals surface area contributed by atoms with E-state index < -0.39 is 0 Å². The minimum absolute atomic E-state index is 0.486. The SMILES string of the molecule is CCOC1CC1=C(C)C. The molecule has 1 atom stereocenters. The standard InChI is InChI=1S/C8H14O/c1-4-9-8-5-7(8)6(2)3/h8H,4-5H2,1-3H3. The first kappa shape index (κ1) is 6.81. The fourth-order valence-electron chi connectivity index (χ4n) is 1.03. The summed E-state index contributed by atoms with van der Waals surface area (Å²) in [5, 5.41) is 0. The lowest BCUT2D eigenvalue weighted by atomic mass is 10.3. The lowest BCUT2D eigenvalue weighted by molar-refractivity contribution is 0.141. The molecule has 0 aliphatic heterocycles. The Morgan fingerprint density at radius 2 is 2.33 bits per heavy atom. The molecule has 1 rings (SSSR count). The first-order valence-corrected chi connectivity index (χ1v) is 3.53. The van der Waals surface area contributed by atoms with Crippen LogP contribution in [0.4, 0.5) is 0 Å². The van der Waals surface area contributed by atoms with E-state index in [1.807, 2.05) is 6.92 Å². The Morgan fingerprint density at radius 1 is 1.67 bits per heavy atom. The third-order valence-corrected chi connectivity index (χ3v) is 1.64. The molecule has 1 saturated carbocycles. The van der Waals surface area contributed by atoms with Crippen molar-refractivity contribution in [3.05, 3.63) is 11.1 Å². The van der Waals surface area contributed by atoms with Gasteiger partial charge in [0.2, 0.25) is 0 Å². The Labute approximate surface area is 56.7 Å². The van der Waals surface area contributed by atoms with Crippen molar-refractivity contribution in [1.29, 1.82) is 0 Å². The molecule has 1 heteroatoms. The smallest absolute Gasteiger partial charge is 0.0826 e. The summed E-state index contributed by atoms with van der Waals surface area (Å²) in [7, 11) is 0. The van der Waals surface area contributed by atoms with Gasteiger partial charge in [0.25, 0.3) is 0 Å². The maximum atomic E-state index is 5.37. The largest absolute Gasteiger partial charge is 0.374 e. The topological polar surface area (TPSA) is 9.23 Å². The summed E-state index contributed by atoms with van der Waals surface area (Å²) in [5.41, 5.74) is 2.95. The van der Waals surface area contributed by atoms with Gasteiger partial charge in [0.05, 0.1) is 6.10 Å². The number of allylic oxidation sites excluding steroid dienone is 1. The van der Waals surface area contributed by atoms with Crippen LogP contribution >= 0.6 is 0 Å². The molecule has 1 unspecified atom stereocenters. The molecule has 1 aliphatic rings. The zero-order valence-electron chi connectivity index (χ0n) is 6.40. The van der Waals surface area contributed by atoms with Crippen LogP contribution in [0.25, 0.3) is 0 Å². The van der Waals surface area contributed by atoms with Crippen molar-refractivity contribution < 1.29 is 4.74 Å². The fraction of sp³-hybridized carbons (Fsp3) is 0.750. The highest BCUT2D eigenvalue weighted by atomic mass is 16.5. The van der Waals surface area contributed by atoms with E-state index in [0.29, 0.717) is 6.10 Å². The highest BCUT2D eigenvalue weighted by Gasteiger charge is 2.30. The monoisotopic (exact) mass is 126 g/mol. The third-order valence-electron chi connectivity index (χ3n) is 1.64. The van der Waals surface area contributed by atoms with Crippen molar-refractivity contribution in [2.75, 3.05) is 6.61 Å². The van der Waals surface area contributed by atoms with Crippen molar-refractivity contribution in [3.8, 4) is 0 Å². The zero-order valence-corrected chi connectivity index (χ0v) is 6.40. The predicted octanol–water partition coefficient (Wildman–Crippen LogP) is 2.13. The van der Waals surface area contributed by atoms with E-state index in [1.54, 1.807) is 0 Å². The molecule has 1 fully saturated rings. The van der Waals surface area contributed by atoms with Gasteiger partial charge in [-0.15, -0.1) is 0 Å². The van der Waals surface area contributed by atoms with Gasteiger partial charge < -0.3 is 4.74 Å². The molecule has 0 bridgehead atoms. The van der Waals surface area contributed by atoms with Gasteiger partial charge in [-0.1, -0.05) is 5.57 Å². The van der Waals surface area contributed by atoms with Gasteiger partial charge in [0.1, 0.15) is 0 Å². The van der Waals surface area contributed by atoms with E-state index in [2.05, 4.69) is 13.8 Å². The van der Waals surface area contributed by atoms with Gasteiger partial charge in [-0.25, -0.2) is 0 Å². The number of hydrogen-bond donors (Lipinski definition) is 0. The van der Waals surface area contributed by atoms with Crippen LogP contribution in [0.2, 0.25) is 0 Å².